The number of halogens is 1. The van der Waals surface area contributed by atoms with Gasteiger partial charge < -0.3 is 5.32 Å². The third kappa shape index (κ3) is 4.28. The van der Waals surface area contributed by atoms with Gasteiger partial charge in [-0.3, -0.25) is 14.2 Å². The molecule has 7 heteroatoms. The summed E-state index contributed by atoms with van der Waals surface area (Å²) in [5, 5.41) is 12.4. The molecule has 0 aliphatic rings. The second-order valence-corrected chi connectivity index (χ2v) is 6.90. The Hall–Kier alpha value is -2.86. The number of carbonyl (C=O) groups excluding carboxylic acids is 1. The average Bonchev–Trinajstić information content (AvgIpc) is 3.09. The van der Waals surface area contributed by atoms with E-state index in [-0.39, 0.29) is 5.91 Å². The molecule has 1 amide bonds. The maximum absolute atomic E-state index is 12.3. The number of nitrogens with zero attached hydrogens (tertiary/aromatic N) is 4. The first kappa shape index (κ1) is 18.9. The molecule has 0 radical (unpaired) electrons. The smallest absolute Gasteiger partial charge is 0.248 e. The van der Waals surface area contributed by atoms with E-state index in [1.165, 1.54) is 6.08 Å². The number of aromatic nitrogens is 4. The number of rotatable bonds is 5. The Morgan fingerprint density at radius 1 is 1.19 bits per heavy atom. The molecule has 0 saturated heterocycles. The van der Waals surface area contributed by atoms with Gasteiger partial charge in [-0.05, 0) is 44.5 Å². The van der Waals surface area contributed by atoms with Crippen molar-refractivity contribution in [1.82, 2.24) is 19.6 Å². The highest BCUT2D eigenvalue weighted by Gasteiger charge is 2.13. The van der Waals surface area contributed by atoms with Crippen LogP contribution in [0.1, 0.15) is 28.2 Å². The molecule has 3 aromatic rings. The Bertz CT molecular complexity index is 998. The predicted octanol–water partition coefficient (Wildman–Crippen LogP) is 3.90. The van der Waals surface area contributed by atoms with Gasteiger partial charge in [-0.1, -0.05) is 23.7 Å². The zero-order valence-electron chi connectivity index (χ0n) is 15.8. The Labute approximate surface area is 163 Å². The van der Waals surface area contributed by atoms with E-state index in [4.69, 9.17) is 11.6 Å². The van der Waals surface area contributed by atoms with Crippen molar-refractivity contribution in [2.45, 2.75) is 27.3 Å². The molecule has 0 spiro atoms. The largest absolute Gasteiger partial charge is 0.319 e. The van der Waals surface area contributed by atoms with Gasteiger partial charge in [0.1, 0.15) is 0 Å². The number of hydrogen-bond donors (Lipinski definition) is 1. The lowest BCUT2D eigenvalue weighted by atomic mass is 10.2. The summed E-state index contributed by atoms with van der Waals surface area (Å²) < 4.78 is 3.65. The van der Waals surface area contributed by atoms with E-state index >= 15 is 0 Å². The molecule has 3 rings (SSSR count). The Morgan fingerprint density at radius 2 is 1.89 bits per heavy atom. The lowest BCUT2D eigenvalue weighted by Gasteiger charge is -2.06. The van der Waals surface area contributed by atoms with Crippen molar-refractivity contribution in [3.05, 3.63) is 69.8 Å². The fourth-order valence-corrected chi connectivity index (χ4v) is 2.93. The van der Waals surface area contributed by atoms with Crippen LogP contribution in [0.3, 0.4) is 0 Å². The molecule has 0 aliphatic heterocycles. The van der Waals surface area contributed by atoms with E-state index in [0.717, 1.165) is 33.9 Å². The van der Waals surface area contributed by atoms with Crippen LogP contribution in [-0.4, -0.2) is 25.5 Å². The number of hydrogen-bond acceptors (Lipinski definition) is 3. The van der Waals surface area contributed by atoms with Crippen molar-refractivity contribution >= 4 is 29.3 Å². The standard InChI is InChI=1S/C20H22ClN5O/c1-13-20(23-19(27)10-7-17-11-22-25(4)14(17)2)15(3)26(24-13)12-16-5-8-18(21)9-6-16/h5-11H,12H2,1-4H3,(H,23,27)/b10-7+. The fourth-order valence-electron chi connectivity index (χ4n) is 2.80. The summed E-state index contributed by atoms with van der Waals surface area (Å²) >= 11 is 5.94. The number of aryl methyl sites for hydroxylation is 2. The van der Waals surface area contributed by atoms with Crippen molar-refractivity contribution in [3.63, 3.8) is 0 Å². The van der Waals surface area contributed by atoms with Crippen molar-refractivity contribution in [2.75, 3.05) is 5.32 Å². The lowest BCUT2D eigenvalue weighted by Crippen LogP contribution is -2.10. The van der Waals surface area contributed by atoms with Crippen LogP contribution in [0.2, 0.25) is 5.02 Å². The molecule has 0 fully saturated rings. The molecule has 0 bridgehead atoms. The summed E-state index contributed by atoms with van der Waals surface area (Å²) in [6.45, 7) is 6.40. The van der Waals surface area contributed by atoms with Crippen molar-refractivity contribution in [2.24, 2.45) is 7.05 Å². The van der Waals surface area contributed by atoms with E-state index in [2.05, 4.69) is 15.5 Å². The molecule has 0 unspecified atom stereocenters. The van der Waals surface area contributed by atoms with Crippen LogP contribution in [-0.2, 0) is 18.4 Å². The molecule has 0 saturated carbocycles. The predicted molar refractivity (Wildman–Crippen MR) is 108 cm³/mol. The van der Waals surface area contributed by atoms with E-state index in [1.54, 1.807) is 17.0 Å². The molecular weight excluding hydrogens is 362 g/mol. The van der Waals surface area contributed by atoms with Crippen molar-refractivity contribution < 1.29 is 4.79 Å². The van der Waals surface area contributed by atoms with Crippen LogP contribution in [0.25, 0.3) is 6.08 Å². The second-order valence-electron chi connectivity index (χ2n) is 6.46. The molecule has 2 heterocycles. The number of anilines is 1. The molecule has 6 nitrogen and oxygen atoms in total. The van der Waals surface area contributed by atoms with Crippen LogP contribution in [0.4, 0.5) is 5.69 Å². The van der Waals surface area contributed by atoms with Crippen molar-refractivity contribution in [1.29, 1.82) is 0 Å². The van der Waals surface area contributed by atoms with Crippen LogP contribution in [0.5, 0.6) is 0 Å². The third-order valence-corrected chi connectivity index (χ3v) is 4.81. The van der Waals surface area contributed by atoms with Gasteiger partial charge in [0.15, 0.2) is 0 Å². The highest BCUT2D eigenvalue weighted by molar-refractivity contribution is 6.30. The van der Waals surface area contributed by atoms with Gasteiger partial charge in [-0.25, -0.2) is 0 Å². The first-order chi connectivity index (χ1) is 12.8. The van der Waals surface area contributed by atoms with Gasteiger partial charge in [-0.2, -0.15) is 10.2 Å². The number of benzene rings is 1. The topological polar surface area (TPSA) is 64.7 Å². The monoisotopic (exact) mass is 383 g/mol. The van der Waals surface area contributed by atoms with E-state index in [1.807, 2.05) is 56.8 Å². The summed E-state index contributed by atoms with van der Waals surface area (Å²) in [5.41, 5.74) is 5.43. The molecule has 1 N–H and O–H groups in total. The molecule has 0 atom stereocenters. The molecule has 140 valence electrons. The highest BCUT2D eigenvalue weighted by atomic mass is 35.5. The van der Waals surface area contributed by atoms with Gasteiger partial charge in [0, 0.05) is 29.4 Å². The molecule has 1 aromatic carbocycles. The summed E-state index contributed by atoms with van der Waals surface area (Å²) in [7, 11) is 1.87. The average molecular weight is 384 g/mol. The quantitative estimate of drug-likeness (QED) is 0.679. The lowest BCUT2D eigenvalue weighted by molar-refractivity contribution is -0.111. The van der Waals surface area contributed by atoms with E-state index in [9.17, 15) is 4.79 Å². The van der Waals surface area contributed by atoms with Gasteiger partial charge in [0.25, 0.3) is 0 Å². The van der Waals surface area contributed by atoms with E-state index < -0.39 is 0 Å². The molecule has 2 aromatic heterocycles. The first-order valence-electron chi connectivity index (χ1n) is 8.61. The minimum absolute atomic E-state index is 0.199. The zero-order chi connectivity index (χ0) is 19.6. The maximum atomic E-state index is 12.3. The number of amides is 1. The summed E-state index contributed by atoms with van der Waals surface area (Å²) in [5.74, 6) is -0.199. The van der Waals surface area contributed by atoms with Crippen LogP contribution < -0.4 is 5.32 Å². The maximum Gasteiger partial charge on any atom is 0.248 e. The number of nitrogens with one attached hydrogen (secondary N) is 1. The summed E-state index contributed by atoms with van der Waals surface area (Å²) in [6.07, 6.45) is 5.01. The SMILES string of the molecule is Cc1nn(Cc2ccc(Cl)cc2)c(C)c1NC(=O)/C=C/c1cnn(C)c1C. The molecular formula is C20H22ClN5O. The van der Waals surface area contributed by atoms with Crippen LogP contribution in [0, 0.1) is 20.8 Å². The fraction of sp³-hybridized carbons (Fsp3) is 0.250. The van der Waals surface area contributed by atoms with Gasteiger partial charge in [-0.15, -0.1) is 0 Å². The minimum atomic E-state index is -0.199. The third-order valence-electron chi connectivity index (χ3n) is 4.56. The van der Waals surface area contributed by atoms with Crippen LogP contribution in [0.15, 0.2) is 36.5 Å². The minimum Gasteiger partial charge on any atom is -0.319 e. The van der Waals surface area contributed by atoms with Crippen molar-refractivity contribution in [3.8, 4) is 0 Å². The zero-order valence-corrected chi connectivity index (χ0v) is 16.6. The Balaban J connectivity index is 1.73. The Morgan fingerprint density at radius 3 is 2.52 bits per heavy atom. The van der Waals surface area contributed by atoms with Gasteiger partial charge in [0.05, 0.1) is 29.8 Å². The summed E-state index contributed by atoms with van der Waals surface area (Å²) in [6, 6.07) is 7.65. The molecule has 27 heavy (non-hydrogen) atoms. The first-order valence-corrected chi connectivity index (χ1v) is 8.99. The van der Waals surface area contributed by atoms with E-state index in [0.29, 0.717) is 11.6 Å². The number of carbonyl (C=O) groups is 1. The highest BCUT2D eigenvalue weighted by Crippen LogP contribution is 2.21. The van der Waals surface area contributed by atoms with Crippen LogP contribution >= 0.6 is 11.6 Å². The summed E-state index contributed by atoms with van der Waals surface area (Å²) in [4.78, 5) is 12.3. The van der Waals surface area contributed by atoms with Gasteiger partial charge >= 0.3 is 0 Å². The second kappa shape index (κ2) is 7.80. The van der Waals surface area contributed by atoms with Gasteiger partial charge in [0.2, 0.25) is 5.91 Å². The Kier molecular flexibility index (Phi) is 5.46. The normalized spacial score (nSPS) is 11.3. The molecule has 0 aliphatic carbocycles.